The fourth-order valence-corrected chi connectivity index (χ4v) is 8.00. The Morgan fingerprint density at radius 1 is 1.13 bits per heavy atom. The normalized spacial score (nSPS) is 25.9. The Morgan fingerprint density at radius 3 is 2.56 bits per heavy atom. The molecule has 45 heavy (non-hydrogen) atoms. The minimum Gasteiger partial charge on any atom is -0.494 e. The average Bonchev–Trinajstić information content (AvgIpc) is 3.58. The molecular weight excluding hydrogens is 620 g/mol. The number of benzene rings is 3. The van der Waals surface area contributed by atoms with Gasteiger partial charge in [0.2, 0.25) is 11.8 Å². The molecule has 238 valence electrons. The molecule has 2 heterocycles. The Bertz CT molecular complexity index is 1650. The van der Waals surface area contributed by atoms with E-state index in [2.05, 4.69) is 31.0 Å². The Kier molecular flexibility index (Phi) is 8.27. The molecule has 3 aromatic rings. The zero-order valence-corrected chi connectivity index (χ0v) is 27.0. The third kappa shape index (κ3) is 5.33. The summed E-state index contributed by atoms with van der Waals surface area (Å²) in [5.41, 5.74) is 0.346. The standard InChI is InChI=1S/C34H36Cl2FN3O5/c1-33(2,3)26-17-34(26)28(31(42)38-20-8-5-7-19(35)15-20)27(22-9-6-10-23(36)29(22)37)30-32(43)39(18-40(30)34)24-12-11-21(45-14-13-41)16-25(24)44-4/h5-12,15-16,26-28,30,41H,13-14,17-18H2,1-4H3,(H,38,42)/t26?,27-,28-,30-,34?/m1/s1. The summed E-state index contributed by atoms with van der Waals surface area (Å²) in [5.74, 6) is -1.85. The van der Waals surface area contributed by atoms with Gasteiger partial charge in [0.1, 0.15) is 23.9 Å². The van der Waals surface area contributed by atoms with Crippen LogP contribution in [-0.2, 0) is 9.59 Å². The molecule has 2 aliphatic heterocycles. The Balaban J connectivity index is 1.47. The highest BCUT2D eigenvalue weighted by Gasteiger charge is 2.78. The quantitative estimate of drug-likeness (QED) is 0.294. The third-order valence-corrected chi connectivity index (χ3v) is 9.99. The number of aliphatic hydroxyl groups excluding tert-OH is 1. The molecule has 0 aromatic heterocycles. The summed E-state index contributed by atoms with van der Waals surface area (Å²) >= 11 is 12.5. The predicted octanol–water partition coefficient (Wildman–Crippen LogP) is 6.34. The summed E-state index contributed by atoms with van der Waals surface area (Å²) in [6.07, 6.45) is 0.658. The van der Waals surface area contributed by atoms with E-state index in [0.717, 1.165) is 0 Å². The van der Waals surface area contributed by atoms with Crippen LogP contribution < -0.4 is 19.7 Å². The maximum Gasteiger partial charge on any atom is 0.246 e. The van der Waals surface area contributed by atoms with Crippen LogP contribution in [0.15, 0.2) is 60.7 Å². The number of carbonyl (C=O) groups excluding carboxylic acids is 2. The fraction of sp³-hybridized carbons (Fsp3) is 0.412. The summed E-state index contributed by atoms with van der Waals surface area (Å²) in [6, 6.07) is 15.9. The van der Waals surface area contributed by atoms with Crippen LogP contribution in [0.4, 0.5) is 15.8 Å². The highest BCUT2D eigenvalue weighted by molar-refractivity contribution is 6.31. The zero-order chi connectivity index (χ0) is 32.3. The van der Waals surface area contributed by atoms with Crippen LogP contribution in [0, 0.1) is 23.1 Å². The van der Waals surface area contributed by atoms with Gasteiger partial charge in [-0.05, 0) is 59.7 Å². The van der Waals surface area contributed by atoms with Gasteiger partial charge in [-0.2, -0.15) is 0 Å². The van der Waals surface area contributed by atoms with Gasteiger partial charge in [0.25, 0.3) is 0 Å². The van der Waals surface area contributed by atoms with E-state index in [9.17, 15) is 9.59 Å². The van der Waals surface area contributed by atoms with Gasteiger partial charge >= 0.3 is 0 Å². The van der Waals surface area contributed by atoms with Gasteiger partial charge in [-0.3, -0.25) is 19.4 Å². The first-order chi connectivity index (χ1) is 21.4. The van der Waals surface area contributed by atoms with Crippen molar-refractivity contribution in [3.05, 3.63) is 82.1 Å². The molecule has 2 amide bonds. The summed E-state index contributed by atoms with van der Waals surface area (Å²) in [5, 5.41) is 12.6. The fourth-order valence-electron chi connectivity index (χ4n) is 7.63. The number of nitrogens with zero attached hydrogens (tertiary/aromatic N) is 2. The van der Waals surface area contributed by atoms with Gasteiger partial charge in [0, 0.05) is 28.2 Å². The van der Waals surface area contributed by atoms with Crippen molar-refractivity contribution in [2.45, 2.75) is 44.7 Å². The molecule has 1 aliphatic carbocycles. The van der Waals surface area contributed by atoms with E-state index in [1.165, 1.54) is 13.2 Å². The molecule has 0 radical (unpaired) electrons. The van der Waals surface area contributed by atoms with E-state index >= 15 is 4.39 Å². The first-order valence-electron chi connectivity index (χ1n) is 14.9. The monoisotopic (exact) mass is 655 g/mol. The summed E-state index contributed by atoms with van der Waals surface area (Å²) in [4.78, 5) is 32.8. The Morgan fingerprint density at radius 2 is 1.89 bits per heavy atom. The minimum atomic E-state index is -0.838. The molecule has 1 spiro atoms. The van der Waals surface area contributed by atoms with E-state index in [-0.39, 0.29) is 53.6 Å². The number of nitrogens with one attached hydrogen (secondary N) is 1. The van der Waals surface area contributed by atoms with Gasteiger partial charge in [0.15, 0.2) is 0 Å². The molecule has 1 saturated carbocycles. The van der Waals surface area contributed by atoms with Crippen molar-refractivity contribution in [3.8, 4) is 11.5 Å². The number of ether oxygens (including phenoxy) is 2. The molecule has 2 unspecified atom stereocenters. The van der Waals surface area contributed by atoms with Crippen molar-refractivity contribution in [2.75, 3.05) is 37.2 Å². The largest absolute Gasteiger partial charge is 0.494 e. The van der Waals surface area contributed by atoms with Gasteiger partial charge in [-0.1, -0.05) is 62.2 Å². The van der Waals surface area contributed by atoms with Gasteiger partial charge in [0.05, 0.1) is 43.1 Å². The zero-order valence-electron chi connectivity index (χ0n) is 25.5. The molecular formula is C34H36Cl2FN3O5. The van der Waals surface area contributed by atoms with Gasteiger partial charge in [-0.15, -0.1) is 0 Å². The van der Waals surface area contributed by atoms with E-state index in [1.807, 2.05) is 0 Å². The van der Waals surface area contributed by atoms with Crippen molar-refractivity contribution in [1.82, 2.24) is 4.90 Å². The van der Waals surface area contributed by atoms with Gasteiger partial charge < -0.3 is 19.9 Å². The molecule has 8 nitrogen and oxygen atoms in total. The number of rotatable bonds is 8. The lowest BCUT2D eigenvalue weighted by Crippen LogP contribution is -2.45. The number of hydrogen-bond acceptors (Lipinski definition) is 6. The first-order valence-corrected chi connectivity index (χ1v) is 15.7. The highest BCUT2D eigenvalue weighted by Crippen LogP contribution is 2.70. The maximum atomic E-state index is 16.0. The van der Waals surface area contributed by atoms with Crippen molar-refractivity contribution in [3.63, 3.8) is 0 Å². The van der Waals surface area contributed by atoms with Crippen molar-refractivity contribution in [1.29, 1.82) is 0 Å². The molecule has 5 atom stereocenters. The number of halogens is 3. The molecule has 11 heteroatoms. The first kappa shape index (κ1) is 31.6. The lowest BCUT2D eigenvalue weighted by molar-refractivity contribution is -0.121. The summed E-state index contributed by atoms with van der Waals surface area (Å²) in [7, 11) is 1.51. The van der Waals surface area contributed by atoms with E-state index in [4.69, 9.17) is 37.8 Å². The van der Waals surface area contributed by atoms with E-state index in [1.54, 1.807) is 59.5 Å². The lowest BCUT2D eigenvalue weighted by Gasteiger charge is -2.33. The number of carbonyl (C=O) groups is 2. The topological polar surface area (TPSA) is 91.3 Å². The summed E-state index contributed by atoms with van der Waals surface area (Å²) < 4.78 is 27.2. The molecule has 2 saturated heterocycles. The van der Waals surface area contributed by atoms with Crippen molar-refractivity contribution < 1.29 is 28.6 Å². The van der Waals surface area contributed by atoms with Crippen LogP contribution in [0.5, 0.6) is 11.5 Å². The second kappa shape index (κ2) is 11.8. The smallest absolute Gasteiger partial charge is 0.246 e. The number of fused-ring (bicyclic) bond motifs is 2. The Labute approximate surface area is 272 Å². The van der Waals surface area contributed by atoms with E-state index < -0.39 is 29.2 Å². The van der Waals surface area contributed by atoms with E-state index in [0.29, 0.717) is 34.3 Å². The predicted molar refractivity (Wildman–Crippen MR) is 172 cm³/mol. The molecule has 2 N–H and O–H groups in total. The van der Waals surface area contributed by atoms with Crippen LogP contribution in [0.2, 0.25) is 10.0 Å². The molecule has 3 aromatic carbocycles. The van der Waals surface area contributed by atoms with Crippen LogP contribution in [0.3, 0.4) is 0 Å². The molecule has 0 bridgehead atoms. The van der Waals surface area contributed by atoms with Crippen LogP contribution in [0.25, 0.3) is 0 Å². The van der Waals surface area contributed by atoms with Crippen molar-refractivity contribution >= 4 is 46.4 Å². The second-order valence-corrected chi connectivity index (χ2v) is 13.8. The number of hydrogen-bond donors (Lipinski definition) is 2. The molecule has 3 aliphatic rings. The number of amides is 2. The SMILES string of the molecule is COc1cc(OCCO)ccc1N1CN2[C@@H](C1=O)[C@H](c1cccc(Cl)c1F)[C@H](C(=O)Nc1cccc(Cl)c1)C21CC1C(C)(C)C. The van der Waals surface area contributed by atoms with Crippen molar-refractivity contribution in [2.24, 2.45) is 17.3 Å². The van der Waals surface area contributed by atoms with Crippen LogP contribution in [-0.4, -0.2) is 60.4 Å². The molecule has 3 fully saturated rings. The number of anilines is 2. The third-order valence-electron chi connectivity index (χ3n) is 9.46. The highest BCUT2D eigenvalue weighted by atomic mass is 35.5. The lowest BCUT2D eigenvalue weighted by atomic mass is 9.76. The van der Waals surface area contributed by atoms with Gasteiger partial charge in [-0.25, -0.2) is 4.39 Å². The van der Waals surface area contributed by atoms with Crippen LogP contribution in [0.1, 0.15) is 38.7 Å². The minimum absolute atomic E-state index is 0.0405. The number of aliphatic hydroxyl groups is 1. The molecule has 6 rings (SSSR count). The summed E-state index contributed by atoms with van der Waals surface area (Å²) in [6.45, 7) is 6.54. The Hall–Kier alpha value is -3.37. The average molecular weight is 657 g/mol. The maximum absolute atomic E-state index is 16.0. The number of methoxy groups -OCH3 is 1. The van der Waals surface area contributed by atoms with Crippen LogP contribution >= 0.6 is 23.2 Å². The second-order valence-electron chi connectivity index (χ2n) is 13.0.